The summed E-state index contributed by atoms with van der Waals surface area (Å²) in [7, 11) is 1.77. The first-order valence-corrected chi connectivity index (χ1v) is 6.20. The summed E-state index contributed by atoms with van der Waals surface area (Å²) in [6.07, 6.45) is 2.03. The minimum atomic E-state index is -0.802. The average molecular weight is 242 g/mol. The first kappa shape index (κ1) is 13.8. The fraction of sp³-hybridized carbons (Fsp3) is 0.833. The van der Waals surface area contributed by atoms with Crippen LogP contribution < -0.4 is 0 Å². The van der Waals surface area contributed by atoms with Crippen LogP contribution in [0.4, 0.5) is 4.79 Å². The van der Waals surface area contributed by atoms with Gasteiger partial charge in [-0.05, 0) is 12.3 Å². The number of carbonyl (C=O) groups is 2. The SMILES string of the molecule is CCCCN(C)C(=O)N1C[C@@H](C)[C@H](C(=O)O)C1. The van der Waals surface area contributed by atoms with Crippen molar-refractivity contribution < 1.29 is 14.7 Å². The van der Waals surface area contributed by atoms with Crippen LogP contribution in [0.3, 0.4) is 0 Å². The molecule has 0 saturated carbocycles. The van der Waals surface area contributed by atoms with Crippen molar-refractivity contribution in [1.82, 2.24) is 9.80 Å². The molecule has 2 atom stereocenters. The molecule has 1 N–H and O–H groups in total. The van der Waals surface area contributed by atoms with E-state index in [1.54, 1.807) is 16.8 Å². The summed E-state index contributed by atoms with van der Waals surface area (Å²) in [5, 5.41) is 9.01. The Bertz CT molecular complexity index is 293. The number of amides is 2. The van der Waals surface area contributed by atoms with Gasteiger partial charge < -0.3 is 14.9 Å². The second-order valence-corrected chi connectivity index (χ2v) is 4.88. The Hall–Kier alpha value is -1.26. The van der Waals surface area contributed by atoms with Crippen LogP contribution in [0.15, 0.2) is 0 Å². The van der Waals surface area contributed by atoms with E-state index in [4.69, 9.17) is 5.11 Å². The zero-order valence-corrected chi connectivity index (χ0v) is 10.8. The van der Waals surface area contributed by atoms with Crippen molar-refractivity contribution in [3.63, 3.8) is 0 Å². The van der Waals surface area contributed by atoms with Gasteiger partial charge in [0.1, 0.15) is 0 Å². The number of aliphatic carboxylic acids is 1. The number of likely N-dealkylation sites (tertiary alicyclic amines) is 1. The third kappa shape index (κ3) is 3.35. The standard InChI is InChI=1S/C12H22N2O3/c1-4-5-6-13(3)12(17)14-7-9(2)10(8-14)11(15)16/h9-10H,4-8H2,1-3H3,(H,15,16)/t9-,10-/m1/s1. The van der Waals surface area contributed by atoms with Gasteiger partial charge in [-0.15, -0.1) is 0 Å². The molecule has 1 rings (SSSR count). The Morgan fingerprint density at radius 1 is 1.41 bits per heavy atom. The van der Waals surface area contributed by atoms with Gasteiger partial charge in [0, 0.05) is 26.7 Å². The number of unbranched alkanes of at least 4 members (excludes halogenated alkanes) is 1. The van der Waals surface area contributed by atoms with Crippen molar-refractivity contribution in [2.75, 3.05) is 26.7 Å². The molecule has 1 heterocycles. The summed E-state index contributed by atoms with van der Waals surface area (Å²) in [5.41, 5.74) is 0. The van der Waals surface area contributed by atoms with Gasteiger partial charge in [-0.2, -0.15) is 0 Å². The Morgan fingerprint density at radius 2 is 2.06 bits per heavy atom. The number of carboxylic acid groups (broad SMARTS) is 1. The number of urea groups is 1. The van der Waals surface area contributed by atoms with Gasteiger partial charge in [0.05, 0.1) is 5.92 Å². The molecule has 1 saturated heterocycles. The molecular formula is C12H22N2O3. The molecule has 0 aromatic carbocycles. The minimum Gasteiger partial charge on any atom is -0.481 e. The van der Waals surface area contributed by atoms with Crippen molar-refractivity contribution in [1.29, 1.82) is 0 Å². The Kier molecular flexibility index (Phi) is 4.78. The highest BCUT2D eigenvalue weighted by molar-refractivity contribution is 5.77. The van der Waals surface area contributed by atoms with E-state index in [-0.39, 0.29) is 11.9 Å². The summed E-state index contributed by atoms with van der Waals surface area (Å²) in [4.78, 5) is 26.3. The summed E-state index contributed by atoms with van der Waals surface area (Å²) >= 11 is 0. The summed E-state index contributed by atoms with van der Waals surface area (Å²) in [6, 6.07) is -0.0472. The third-order valence-electron chi connectivity index (χ3n) is 3.37. The van der Waals surface area contributed by atoms with Gasteiger partial charge in [-0.25, -0.2) is 4.79 Å². The largest absolute Gasteiger partial charge is 0.481 e. The molecule has 0 aromatic rings. The van der Waals surface area contributed by atoms with E-state index in [1.165, 1.54) is 0 Å². The molecule has 0 bridgehead atoms. The average Bonchev–Trinajstić information content (AvgIpc) is 2.67. The normalized spacial score (nSPS) is 23.8. The number of hydrogen-bond donors (Lipinski definition) is 1. The number of hydrogen-bond acceptors (Lipinski definition) is 2. The second kappa shape index (κ2) is 5.89. The van der Waals surface area contributed by atoms with Crippen molar-refractivity contribution in [2.45, 2.75) is 26.7 Å². The van der Waals surface area contributed by atoms with Crippen molar-refractivity contribution in [3.05, 3.63) is 0 Å². The zero-order chi connectivity index (χ0) is 13.0. The maximum atomic E-state index is 12.0. The van der Waals surface area contributed by atoms with Crippen LogP contribution in [0.5, 0.6) is 0 Å². The maximum absolute atomic E-state index is 12.0. The number of rotatable bonds is 4. The summed E-state index contributed by atoms with van der Waals surface area (Å²) in [6.45, 7) is 5.59. The van der Waals surface area contributed by atoms with Gasteiger partial charge in [-0.3, -0.25) is 4.79 Å². The van der Waals surface area contributed by atoms with Crippen LogP contribution in [0.2, 0.25) is 0 Å². The van der Waals surface area contributed by atoms with E-state index in [0.29, 0.717) is 13.1 Å². The van der Waals surface area contributed by atoms with Gasteiger partial charge >= 0.3 is 12.0 Å². The van der Waals surface area contributed by atoms with Crippen molar-refractivity contribution in [3.8, 4) is 0 Å². The molecule has 1 aliphatic rings. The maximum Gasteiger partial charge on any atom is 0.319 e. The molecular weight excluding hydrogens is 220 g/mol. The lowest BCUT2D eigenvalue weighted by Crippen LogP contribution is -2.40. The molecule has 0 aliphatic carbocycles. The topological polar surface area (TPSA) is 60.9 Å². The third-order valence-corrected chi connectivity index (χ3v) is 3.37. The van der Waals surface area contributed by atoms with Crippen LogP contribution in [0, 0.1) is 11.8 Å². The van der Waals surface area contributed by atoms with Crippen LogP contribution in [0.1, 0.15) is 26.7 Å². The predicted octanol–water partition coefficient (Wildman–Crippen LogP) is 1.49. The molecule has 2 amide bonds. The zero-order valence-electron chi connectivity index (χ0n) is 10.8. The Morgan fingerprint density at radius 3 is 2.53 bits per heavy atom. The molecule has 0 radical (unpaired) electrons. The molecule has 1 aliphatic heterocycles. The Balaban J connectivity index is 2.52. The molecule has 17 heavy (non-hydrogen) atoms. The predicted molar refractivity (Wildman–Crippen MR) is 64.8 cm³/mol. The van der Waals surface area contributed by atoms with E-state index in [9.17, 15) is 9.59 Å². The summed E-state index contributed by atoms with van der Waals surface area (Å²) in [5.74, 6) is -1.18. The summed E-state index contributed by atoms with van der Waals surface area (Å²) < 4.78 is 0. The molecule has 0 spiro atoms. The fourth-order valence-corrected chi connectivity index (χ4v) is 2.18. The number of nitrogens with zero attached hydrogens (tertiary/aromatic N) is 2. The molecule has 98 valence electrons. The first-order valence-electron chi connectivity index (χ1n) is 6.20. The monoisotopic (exact) mass is 242 g/mol. The molecule has 5 heteroatoms. The highest BCUT2D eigenvalue weighted by Gasteiger charge is 2.37. The number of carbonyl (C=O) groups excluding carboxylic acids is 1. The van der Waals surface area contributed by atoms with E-state index in [0.717, 1.165) is 19.4 Å². The molecule has 1 fully saturated rings. The van der Waals surface area contributed by atoms with Gasteiger partial charge in [0.15, 0.2) is 0 Å². The first-order chi connectivity index (χ1) is 7.97. The quantitative estimate of drug-likeness (QED) is 0.812. The van der Waals surface area contributed by atoms with Crippen LogP contribution in [-0.4, -0.2) is 53.6 Å². The van der Waals surface area contributed by atoms with Gasteiger partial charge in [0.25, 0.3) is 0 Å². The van der Waals surface area contributed by atoms with Crippen LogP contribution in [0.25, 0.3) is 0 Å². The highest BCUT2D eigenvalue weighted by atomic mass is 16.4. The van der Waals surface area contributed by atoms with Crippen molar-refractivity contribution >= 4 is 12.0 Å². The van der Waals surface area contributed by atoms with Crippen LogP contribution in [-0.2, 0) is 4.79 Å². The van der Waals surface area contributed by atoms with Gasteiger partial charge in [-0.1, -0.05) is 20.3 Å². The van der Waals surface area contributed by atoms with Gasteiger partial charge in [0.2, 0.25) is 0 Å². The Labute approximate surface area is 102 Å². The fourth-order valence-electron chi connectivity index (χ4n) is 2.18. The number of carboxylic acids is 1. The second-order valence-electron chi connectivity index (χ2n) is 4.88. The van der Waals surface area contributed by atoms with E-state index >= 15 is 0 Å². The highest BCUT2D eigenvalue weighted by Crippen LogP contribution is 2.23. The lowest BCUT2D eigenvalue weighted by atomic mass is 9.99. The lowest BCUT2D eigenvalue weighted by molar-refractivity contribution is -0.142. The van der Waals surface area contributed by atoms with E-state index in [1.807, 2.05) is 6.92 Å². The van der Waals surface area contributed by atoms with E-state index in [2.05, 4.69) is 6.92 Å². The molecule has 0 unspecified atom stereocenters. The minimum absolute atomic E-state index is 0.0380. The smallest absolute Gasteiger partial charge is 0.319 e. The van der Waals surface area contributed by atoms with Crippen LogP contribution >= 0.6 is 0 Å². The molecule has 5 nitrogen and oxygen atoms in total. The molecule has 0 aromatic heterocycles. The lowest BCUT2D eigenvalue weighted by Gasteiger charge is -2.24. The van der Waals surface area contributed by atoms with Crippen molar-refractivity contribution in [2.24, 2.45) is 11.8 Å². The van der Waals surface area contributed by atoms with E-state index < -0.39 is 11.9 Å².